The van der Waals surface area contributed by atoms with Crippen molar-refractivity contribution in [2.45, 2.75) is 11.8 Å². The van der Waals surface area contributed by atoms with Crippen LogP contribution in [0.3, 0.4) is 0 Å². The van der Waals surface area contributed by atoms with Crippen molar-refractivity contribution in [3.05, 3.63) is 35.0 Å². The van der Waals surface area contributed by atoms with Crippen LogP contribution in [0.4, 0.5) is 11.5 Å². The molecule has 0 spiro atoms. The number of sulfonamides is 1. The second-order valence-corrected chi connectivity index (χ2v) is 6.17. The van der Waals surface area contributed by atoms with Crippen LogP contribution < -0.4 is 10.5 Å². The third-order valence-corrected chi connectivity index (χ3v) is 4.15. The fraction of sp³-hybridized carbons (Fsp3) is 0.182. The number of hydrogen-bond donors (Lipinski definition) is 2. The van der Waals surface area contributed by atoms with Gasteiger partial charge in [0.2, 0.25) is 0 Å². The van der Waals surface area contributed by atoms with Gasteiger partial charge < -0.3 is 5.73 Å². The van der Waals surface area contributed by atoms with Crippen molar-refractivity contribution in [3.8, 4) is 0 Å². The van der Waals surface area contributed by atoms with E-state index in [9.17, 15) is 8.42 Å². The lowest BCUT2D eigenvalue weighted by atomic mass is 10.3. The van der Waals surface area contributed by atoms with Crippen LogP contribution in [0.5, 0.6) is 0 Å². The fourth-order valence-corrected chi connectivity index (χ4v) is 3.11. The number of nitrogens with one attached hydrogen (secondary N) is 1. The van der Waals surface area contributed by atoms with Crippen molar-refractivity contribution in [3.63, 3.8) is 0 Å². The lowest BCUT2D eigenvalue weighted by molar-refractivity contribution is 0.600. The zero-order valence-electron chi connectivity index (χ0n) is 10.4. The Morgan fingerprint density at radius 3 is 2.63 bits per heavy atom. The molecule has 0 aliphatic carbocycles. The first-order chi connectivity index (χ1) is 8.79. The SMILES string of the molecule is Cc1cc(NS(=O)(=O)c2cc(Cl)ccc2N)n(C)n1. The predicted molar refractivity (Wildman–Crippen MR) is 74.6 cm³/mol. The number of benzene rings is 1. The monoisotopic (exact) mass is 300 g/mol. The average Bonchev–Trinajstić information content (AvgIpc) is 2.60. The van der Waals surface area contributed by atoms with Crippen LogP contribution in [0.1, 0.15) is 5.69 Å². The first-order valence-corrected chi connectivity index (χ1v) is 7.24. The molecule has 0 saturated carbocycles. The van der Waals surface area contributed by atoms with Gasteiger partial charge in [-0.05, 0) is 25.1 Å². The Hall–Kier alpha value is -1.73. The normalized spacial score (nSPS) is 11.5. The summed E-state index contributed by atoms with van der Waals surface area (Å²) in [6.45, 7) is 1.77. The van der Waals surface area contributed by atoms with Gasteiger partial charge in [0.25, 0.3) is 10.0 Å². The predicted octanol–water partition coefficient (Wildman–Crippen LogP) is 1.76. The number of aryl methyl sites for hydroxylation is 2. The van der Waals surface area contributed by atoms with Crippen LogP contribution in [0.25, 0.3) is 0 Å². The summed E-state index contributed by atoms with van der Waals surface area (Å²) in [5, 5.41) is 4.36. The highest BCUT2D eigenvalue weighted by atomic mass is 35.5. The molecule has 1 heterocycles. The maximum Gasteiger partial charge on any atom is 0.265 e. The molecule has 1 aromatic carbocycles. The number of aromatic nitrogens is 2. The minimum Gasteiger partial charge on any atom is -0.398 e. The molecule has 6 nitrogen and oxygen atoms in total. The summed E-state index contributed by atoms with van der Waals surface area (Å²) in [7, 11) is -2.15. The lowest BCUT2D eigenvalue weighted by Gasteiger charge is -2.10. The molecule has 0 atom stereocenters. The molecule has 102 valence electrons. The number of halogens is 1. The number of hydrogen-bond acceptors (Lipinski definition) is 4. The minimum atomic E-state index is -3.80. The summed E-state index contributed by atoms with van der Waals surface area (Å²) in [4.78, 5) is -0.0566. The van der Waals surface area contributed by atoms with Crippen LogP contribution in [0, 0.1) is 6.92 Å². The average molecular weight is 301 g/mol. The van der Waals surface area contributed by atoms with E-state index in [0.717, 1.165) is 0 Å². The van der Waals surface area contributed by atoms with Crippen molar-refractivity contribution in [2.24, 2.45) is 7.05 Å². The Morgan fingerprint density at radius 1 is 1.37 bits per heavy atom. The number of nitrogen functional groups attached to an aromatic ring is 1. The number of anilines is 2. The lowest BCUT2D eigenvalue weighted by Crippen LogP contribution is -2.16. The highest BCUT2D eigenvalue weighted by molar-refractivity contribution is 7.92. The Labute approximate surface area is 116 Å². The molecule has 0 radical (unpaired) electrons. The summed E-state index contributed by atoms with van der Waals surface area (Å²) < 4.78 is 28.4. The summed E-state index contributed by atoms with van der Waals surface area (Å²) >= 11 is 5.80. The third-order valence-electron chi connectivity index (χ3n) is 2.51. The largest absolute Gasteiger partial charge is 0.398 e. The molecule has 0 fully saturated rings. The van der Waals surface area contributed by atoms with Gasteiger partial charge >= 0.3 is 0 Å². The summed E-state index contributed by atoms with van der Waals surface area (Å²) in [6.07, 6.45) is 0. The summed E-state index contributed by atoms with van der Waals surface area (Å²) in [6, 6.07) is 5.91. The fourth-order valence-electron chi connectivity index (χ4n) is 1.64. The molecule has 0 bridgehead atoms. The standard InChI is InChI=1S/C11H13ClN4O2S/c1-7-5-11(16(2)14-7)15-19(17,18)10-6-8(12)3-4-9(10)13/h3-6,15H,13H2,1-2H3. The Morgan fingerprint density at radius 2 is 2.05 bits per heavy atom. The zero-order valence-corrected chi connectivity index (χ0v) is 12.0. The van der Waals surface area contributed by atoms with E-state index in [1.54, 1.807) is 20.0 Å². The van der Waals surface area contributed by atoms with Gasteiger partial charge in [0.05, 0.1) is 11.4 Å². The van der Waals surface area contributed by atoms with Gasteiger partial charge in [0.15, 0.2) is 0 Å². The van der Waals surface area contributed by atoms with Crippen molar-refractivity contribution in [2.75, 3.05) is 10.5 Å². The smallest absolute Gasteiger partial charge is 0.265 e. The van der Waals surface area contributed by atoms with Crippen LogP contribution in [-0.4, -0.2) is 18.2 Å². The Balaban J connectivity index is 2.43. The van der Waals surface area contributed by atoms with Crippen LogP contribution in [0.15, 0.2) is 29.2 Å². The Bertz CT molecular complexity index is 724. The quantitative estimate of drug-likeness (QED) is 0.845. The Kier molecular flexibility index (Phi) is 3.42. The van der Waals surface area contributed by atoms with Crippen LogP contribution >= 0.6 is 11.6 Å². The first-order valence-electron chi connectivity index (χ1n) is 5.38. The molecule has 2 aromatic rings. The van der Waals surface area contributed by atoms with Gasteiger partial charge in [0, 0.05) is 18.1 Å². The molecule has 0 aliphatic heterocycles. The minimum absolute atomic E-state index is 0.0566. The number of nitrogens with zero attached hydrogens (tertiary/aromatic N) is 2. The summed E-state index contributed by atoms with van der Waals surface area (Å²) in [5.41, 5.74) is 6.51. The van der Waals surface area contributed by atoms with Crippen LogP contribution in [0.2, 0.25) is 5.02 Å². The summed E-state index contributed by atoms with van der Waals surface area (Å²) in [5.74, 6) is 0.358. The van der Waals surface area contributed by atoms with Crippen molar-refractivity contribution in [1.29, 1.82) is 0 Å². The molecule has 19 heavy (non-hydrogen) atoms. The number of rotatable bonds is 3. The molecule has 0 unspecified atom stereocenters. The molecule has 8 heteroatoms. The third kappa shape index (κ3) is 2.82. The van der Waals surface area contributed by atoms with Gasteiger partial charge in [-0.3, -0.25) is 9.40 Å². The molecular formula is C11H13ClN4O2S. The number of nitrogens with two attached hydrogens (primary N) is 1. The molecule has 0 aliphatic rings. The molecule has 2 rings (SSSR count). The van der Waals surface area contributed by atoms with E-state index in [2.05, 4.69) is 9.82 Å². The topological polar surface area (TPSA) is 90.0 Å². The molecule has 1 aromatic heterocycles. The highest BCUT2D eigenvalue weighted by Gasteiger charge is 2.19. The first kappa shape index (κ1) is 13.7. The zero-order chi connectivity index (χ0) is 14.2. The van der Waals surface area contributed by atoms with E-state index in [0.29, 0.717) is 16.5 Å². The van der Waals surface area contributed by atoms with Gasteiger partial charge in [-0.25, -0.2) is 8.42 Å². The van der Waals surface area contributed by atoms with Gasteiger partial charge in [-0.2, -0.15) is 5.10 Å². The van der Waals surface area contributed by atoms with Crippen molar-refractivity contribution in [1.82, 2.24) is 9.78 Å². The maximum atomic E-state index is 12.2. The van der Waals surface area contributed by atoms with Crippen molar-refractivity contribution >= 4 is 33.1 Å². The van der Waals surface area contributed by atoms with E-state index >= 15 is 0 Å². The van der Waals surface area contributed by atoms with Crippen LogP contribution in [-0.2, 0) is 17.1 Å². The van der Waals surface area contributed by atoms with E-state index in [1.165, 1.54) is 22.9 Å². The molecule has 0 amide bonds. The van der Waals surface area contributed by atoms with E-state index in [4.69, 9.17) is 17.3 Å². The highest BCUT2D eigenvalue weighted by Crippen LogP contribution is 2.24. The molecular weight excluding hydrogens is 288 g/mol. The molecule has 0 saturated heterocycles. The van der Waals surface area contributed by atoms with Gasteiger partial charge in [0.1, 0.15) is 10.7 Å². The van der Waals surface area contributed by atoms with Gasteiger partial charge in [-0.15, -0.1) is 0 Å². The van der Waals surface area contributed by atoms with E-state index < -0.39 is 10.0 Å². The molecule has 3 N–H and O–H groups in total. The maximum absolute atomic E-state index is 12.2. The van der Waals surface area contributed by atoms with Crippen molar-refractivity contribution < 1.29 is 8.42 Å². The van der Waals surface area contributed by atoms with E-state index in [1.807, 2.05) is 0 Å². The van der Waals surface area contributed by atoms with Gasteiger partial charge in [-0.1, -0.05) is 11.6 Å². The van der Waals surface area contributed by atoms with E-state index in [-0.39, 0.29) is 10.6 Å². The second kappa shape index (κ2) is 4.75. The second-order valence-electron chi connectivity index (χ2n) is 4.08.